The predicted octanol–water partition coefficient (Wildman–Crippen LogP) is 8.45. The van der Waals surface area contributed by atoms with Crippen LogP contribution in [-0.4, -0.2) is 0 Å². The molecule has 4 rings (SSSR count). The fourth-order valence-corrected chi connectivity index (χ4v) is 3.12. The summed E-state index contributed by atoms with van der Waals surface area (Å²) in [6.45, 7) is 12.5. The van der Waals surface area contributed by atoms with Crippen molar-refractivity contribution in [1.29, 1.82) is 0 Å². The summed E-state index contributed by atoms with van der Waals surface area (Å²) in [4.78, 5) is 0. The van der Waals surface area contributed by atoms with Crippen LogP contribution in [-0.2, 0) is 0 Å². The second-order valence-electron chi connectivity index (χ2n) is 6.98. The third kappa shape index (κ3) is 5.57. The molecule has 0 aliphatic heterocycles. The van der Waals surface area contributed by atoms with Crippen LogP contribution in [0.15, 0.2) is 84.9 Å². The van der Waals surface area contributed by atoms with Crippen LogP contribution in [0.3, 0.4) is 0 Å². The zero-order chi connectivity index (χ0) is 20.5. The third-order valence-corrected chi connectivity index (χ3v) is 4.79. The van der Waals surface area contributed by atoms with Crippen molar-refractivity contribution in [2.24, 2.45) is 0 Å². The summed E-state index contributed by atoms with van der Waals surface area (Å²) in [5.74, 6) is 0. The van der Waals surface area contributed by atoms with Gasteiger partial charge in [0, 0.05) is 0 Å². The topological polar surface area (TPSA) is 0 Å². The highest BCUT2D eigenvalue weighted by molar-refractivity contribution is 5.88. The van der Waals surface area contributed by atoms with Gasteiger partial charge in [-0.25, -0.2) is 0 Å². The molecule has 0 fully saturated rings. The predicted molar refractivity (Wildman–Crippen MR) is 126 cm³/mol. The molecule has 0 radical (unpaired) electrons. The van der Waals surface area contributed by atoms with Crippen molar-refractivity contribution in [2.45, 2.75) is 41.5 Å². The average molecular weight is 369 g/mol. The third-order valence-electron chi connectivity index (χ3n) is 4.79. The van der Waals surface area contributed by atoms with Gasteiger partial charge in [-0.3, -0.25) is 0 Å². The average Bonchev–Trinajstić information content (AvgIpc) is 2.72. The summed E-state index contributed by atoms with van der Waals surface area (Å²) >= 11 is 0. The summed E-state index contributed by atoms with van der Waals surface area (Å²) in [6.07, 6.45) is 0. The van der Waals surface area contributed by atoms with Crippen molar-refractivity contribution >= 4 is 10.8 Å². The maximum Gasteiger partial charge on any atom is -0.0152 e. The molecule has 0 N–H and O–H groups in total. The van der Waals surface area contributed by atoms with Crippen LogP contribution in [0.2, 0.25) is 0 Å². The smallest absolute Gasteiger partial charge is 0.0152 e. The second kappa shape index (κ2) is 10.5. The van der Waals surface area contributed by atoms with Crippen molar-refractivity contribution < 1.29 is 0 Å². The molecule has 0 bridgehead atoms. The van der Waals surface area contributed by atoms with Crippen molar-refractivity contribution in [2.75, 3.05) is 0 Å². The summed E-state index contributed by atoms with van der Waals surface area (Å²) < 4.78 is 0. The Hall–Kier alpha value is -2.86. The second-order valence-corrected chi connectivity index (χ2v) is 6.98. The summed E-state index contributed by atoms with van der Waals surface area (Å²) in [5, 5.41) is 2.75. The Kier molecular flexibility index (Phi) is 8.02. The Balaban J connectivity index is 0.000000186. The van der Waals surface area contributed by atoms with Crippen molar-refractivity contribution in [3.8, 4) is 11.1 Å². The lowest BCUT2D eigenvalue weighted by molar-refractivity contribution is 1.45. The van der Waals surface area contributed by atoms with Crippen LogP contribution in [0.25, 0.3) is 21.9 Å². The van der Waals surface area contributed by atoms with Gasteiger partial charge in [0.05, 0.1) is 0 Å². The standard InChI is InChI=1S/C14H14.C12H12.C2H6/c1-11-3-7-13(8-4-11)14-9-5-12(2)6-10-14;1-9-5-3-8-12-10(2)6-4-7-11(9)12;1-2/h3-10H,1-2H3;3-8H,1-2H3;1-2H3. The minimum Gasteiger partial charge on any atom is -0.0683 e. The van der Waals surface area contributed by atoms with Gasteiger partial charge in [0.15, 0.2) is 0 Å². The monoisotopic (exact) mass is 368 g/mol. The molecule has 0 heteroatoms. The molecule has 0 amide bonds. The molecule has 4 aromatic rings. The Morgan fingerprint density at radius 2 is 0.714 bits per heavy atom. The van der Waals surface area contributed by atoms with E-state index in [0.29, 0.717) is 0 Å². The molecule has 0 aliphatic carbocycles. The lowest BCUT2D eigenvalue weighted by atomic mass is 10.0. The van der Waals surface area contributed by atoms with Crippen LogP contribution in [0.4, 0.5) is 0 Å². The van der Waals surface area contributed by atoms with Crippen molar-refractivity contribution in [3.05, 3.63) is 107 Å². The van der Waals surface area contributed by atoms with E-state index in [2.05, 4.69) is 113 Å². The fourth-order valence-electron chi connectivity index (χ4n) is 3.12. The molecule has 0 spiro atoms. The Labute approximate surface area is 170 Å². The van der Waals surface area contributed by atoms with Crippen LogP contribution in [0.5, 0.6) is 0 Å². The first kappa shape index (κ1) is 21.4. The highest BCUT2D eigenvalue weighted by atomic mass is 14.0. The van der Waals surface area contributed by atoms with E-state index in [0.717, 1.165) is 0 Å². The lowest BCUT2D eigenvalue weighted by Crippen LogP contribution is -1.80. The van der Waals surface area contributed by atoms with E-state index in [-0.39, 0.29) is 0 Å². The maximum atomic E-state index is 2.18. The largest absolute Gasteiger partial charge is 0.0683 e. The Bertz CT molecular complexity index is 906. The highest BCUT2D eigenvalue weighted by Gasteiger charge is 1.97. The van der Waals surface area contributed by atoms with Gasteiger partial charge >= 0.3 is 0 Å². The van der Waals surface area contributed by atoms with Gasteiger partial charge < -0.3 is 0 Å². The Morgan fingerprint density at radius 3 is 1.04 bits per heavy atom. The Morgan fingerprint density at radius 1 is 0.393 bits per heavy atom. The van der Waals surface area contributed by atoms with E-state index < -0.39 is 0 Å². The molecular formula is C28H32. The molecule has 0 aliphatic rings. The van der Waals surface area contributed by atoms with E-state index in [1.807, 2.05) is 13.8 Å². The number of fused-ring (bicyclic) bond motifs is 1. The molecule has 0 nitrogen and oxygen atoms in total. The number of hydrogen-bond acceptors (Lipinski definition) is 0. The van der Waals surface area contributed by atoms with Crippen LogP contribution in [0.1, 0.15) is 36.1 Å². The summed E-state index contributed by atoms with van der Waals surface area (Å²) in [7, 11) is 0. The van der Waals surface area contributed by atoms with Gasteiger partial charge in [0.1, 0.15) is 0 Å². The minimum absolute atomic E-state index is 1.29. The molecule has 0 heterocycles. The molecule has 4 aromatic carbocycles. The van der Waals surface area contributed by atoms with Crippen LogP contribution >= 0.6 is 0 Å². The van der Waals surface area contributed by atoms with Gasteiger partial charge in [0.2, 0.25) is 0 Å². The van der Waals surface area contributed by atoms with Gasteiger partial charge in [-0.05, 0) is 60.7 Å². The highest BCUT2D eigenvalue weighted by Crippen LogP contribution is 2.21. The molecule has 28 heavy (non-hydrogen) atoms. The molecule has 144 valence electrons. The SMILES string of the molecule is CC.Cc1ccc(-c2ccc(C)cc2)cc1.Cc1cccc2c(C)cccc12. The first-order valence-electron chi connectivity index (χ1n) is 10.1. The van der Waals surface area contributed by atoms with Gasteiger partial charge in [-0.15, -0.1) is 0 Å². The zero-order valence-electron chi connectivity index (χ0n) is 18.1. The molecule has 0 unspecified atom stereocenters. The van der Waals surface area contributed by atoms with E-state index >= 15 is 0 Å². The molecule has 0 aromatic heterocycles. The number of hydrogen-bond donors (Lipinski definition) is 0. The summed E-state index contributed by atoms with van der Waals surface area (Å²) in [5.41, 5.74) is 7.90. The first-order chi connectivity index (χ1) is 13.5. The van der Waals surface area contributed by atoms with E-state index in [4.69, 9.17) is 0 Å². The van der Waals surface area contributed by atoms with E-state index in [1.54, 1.807) is 0 Å². The van der Waals surface area contributed by atoms with Crippen LogP contribution in [0, 0.1) is 27.7 Å². The fraction of sp³-hybridized carbons (Fsp3) is 0.214. The van der Waals surface area contributed by atoms with Gasteiger partial charge in [0.25, 0.3) is 0 Å². The van der Waals surface area contributed by atoms with Crippen LogP contribution < -0.4 is 0 Å². The number of benzene rings is 4. The maximum absolute atomic E-state index is 2.18. The van der Waals surface area contributed by atoms with Gasteiger partial charge in [-0.1, -0.05) is 110 Å². The van der Waals surface area contributed by atoms with E-state index in [9.17, 15) is 0 Å². The molecule has 0 saturated heterocycles. The quantitative estimate of drug-likeness (QED) is 0.316. The molecular weight excluding hydrogens is 336 g/mol. The van der Waals surface area contributed by atoms with E-state index in [1.165, 1.54) is 44.2 Å². The molecule has 0 saturated carbocycles. The lowest BCUT2D eigenvalue weighted by Gasteiger charge is -2.03. The molecule has 0 atom stereocenters. The first-order valence-corrected chi connectivity index (χ1v) is 10.1. The summed E-state index contributed by atoms with van der Waals surface area (Å²) in [6, 6.07) is 30.2. The van der Waals surface area contributed by atoms with Gasteiger partial charge in [-0.2, -0.15) is 0 Å². The van der Waals surface area contributed by atoms with Crippen molar-refractivity contribution in [1.82, 2.24) is 0 Å². The normalized spacial score (nSPS) is 9.79. The zero-order valence-corrected chi connectivity index (χ0v) is 18.1. The number of rotatable bonds is 1. The number of aryl methyl sites for hydroxylation is 4. The van der Waals surface area contributed by atoms with Crippen molar-refractivity contribution in [3.63, 3.8) is 0 Å². The minimum atomic E-state index is 1.29.